The SMILES string of the molecule is CNC(Cc1c(F)cccc1F)c1cc(Br)ccc1Br. The summed E-state index contributed by atoms with van der Waals surface area (Å²) in [6.07, 6.45) is 0.240. The molecule has 0 aliphatic carbocycles. The lowest BCUT2D eigenvalue weighted by Crippen LogP contribution is -2.20. The van der Waals surface area contributed by atoms with Crippen molar-refractivity contribution in [2.75, 3.05) is 7.05 Å². The summed E-state index contributed by atoms with van der Waals surface area (Å²) in [6, 6.07) is 9.49. The molecule has 0 bridgehead atoms. The van der Waals surface area contributed by atoms with Crippen LogP contribution in [0.1, 0.15) is 17.2 Å². The molecule has 20 heavy (non-hydrogen) atoms. The minimum absolute atomic E-state index is 0.0960. The molecule has 0 spiro atoms. The van der Waals surface area contributed by atoms with E-state index in [1.807, 2.05) is 18.2 Å². The van der Waals surface area contributed by atoms with Crippen LogP contribution in [-0.2, 0) is 6.42 Å². The van der Waals surface area contributed by atoms with Gasteiger partial charge >= 0.3 is 0 Å². The van der Waals surface area contributed by atoms with Gasteiger partial charge in [-0.05, 0) is 49.4 Å². The summed E-state index contributed by atoms with van der Waals surface area (Å²) in [6.45, 7) is 0. The molecule has 0 amide bonds. The second kappa shape index (κ2) is 6.78. The Balaban J connectivity index is 2.36. The number of hydrogen-bond donors (Lipinski definition) is 1. The van der Waals surface area contributed by atoms with E-state index in [0.717, 1.165) is 14.5 Å². The van der Waals surface area contributed by atoms with Gasteiger partial charge in [-0.3, -0.25) is 0 Å². The van der Waals surface area contributed by atoms with Gasteiger partial charge in [0.1, 0.15) is 11.6 Å². The molecule has 1 nitrogen and oxygen atoms in total. The maximum Gasteiger partial charge on any atom is 0.129 e. The molecule has 1 atom stereocenters. The normalized spacial score (nSPS) is 12.4. The molecule has 0 aliphatic heterocycles. The molecule has 0 aliphatic rings. The third-order valence-corrected chi connectivity index (χ3v) is 4.37. The van der Waals surface area contributed by atoms with Crippen molar-refractivity contribution < 1.29 is 8.78 Å². The van der Waals surface area contributed by atoms with E-state index in [4.69, 9.17) is 0 Å². The minimum Gasteiger partial charge on any atom is -0.313 e. The van der Waals surface area contributed by atoms with Crippen LogP contribution < -0.4 is 5.32 Å². The third kappa shape index (κ3) is 3.45. The van der Waals surface area contributed by atoms with Crippen LogP contribution in [0, 0.1) is 11.6 Å². The standard InChI is InChI=1S/C15H13Br2F2N/c1-20-15(10-7-9(16)5-6-12(10)17)8-11-13(18)3-2-4-14(11)19/h2-7,15,20H,8H2,1H3. The van der Waals surface area contributed by atoms with Crippen molar-refractivity contribution in [2.24, 2.45) is 0 Å². The van der Waals surface area contributed by atoms with Gasteiger partial charge in [0.2, 0.25) is 0 Å². The van der Waals surface area contributed by atoms with E-state index in [-0.39, 0.29) is 18.0 Å². The molecular formula is C15H13Br2F2N. The Morgan fingerprint density at radius 3 is 2.35 bits per heavy atom. The fourth-order valence-corrected chi connectivity index (χ4v) is 2.98. The van der Waals surface area contributed by atoms with Crippen LogP contribution in [0.3, 0.4) is 0 Å². The zero-order valence-electron chi connectivity index (χ0n) is 10.8. The van der Waals surface area contributed by atoms with E-state index < -0.39 is 11.6 Å². The van der Waals surface area contributed by atoms with Gasteiger partial charge in [0.05, 0.1) is 0 Å². The smallest absolute Gasteiger partial charge is 0.129 e. The molecule has 0 saturated heterocycles. The van der Waals surface area contributed by atoms with Crippen LogP contribution in [0.2, 0.25) is 0 Å². The molecule has 0 heterocycles. The molecule has 0 radical (unpaired) electrons. The van der Waals surface area contributed by atoms with Crippen molar-refractivity contribution in [3.05, 3.63) is 68.1 Å². The van der Waals surface area contributed by atoms with Gasteiger partial charge in [-0.1, -0.05) is 37.9 Å². The highest BCUT2D eigenvalue weighted by Crippen LogP contribution is 2.30. The van der Waals surface area contributed by atoms with E-state index >= 15 is 0 Å². The second-order valence-corrected chi connectivity index (χ2v) is 6.18. The lowest BCUT2D eigenvalue weighted by atomic mass is 9.98. The summed E-state index contributed by atoms with van der Waals surface area (Å²) in [5, 5.41) is 3.11. The van der Waals surface area contributed by atoms with Gasteiger partial charge in [0.15, 0.2) is 0 Å². The van der Waals surface area contributed by atoms with Crippen molar-refractivity contribution >= 4 is 31.9 Å². The van der Waals surface area contributed by atoms with Crippen molar-refractivity contribution in [3.63, 3.8) is 0 Å². The summed E-state index contributed by atoms with van der Waals surface area (Å²) in [4.78, 5) is 0. The average molecular weight is 405 g/mol. The zero-order valence-corrected chi connectivity index (χ0v) is 13.9. The van der Waals surface area contributed by atoms with E-state index in [1.54, 1.807) is 7.05 Å². The molecule has 2 rings (SSSR count). The maximum absolute atomic E-state index is 13.8. The van der Waals surface area contributed by atoms with Crippen LogP contribution >= 0.6 is 31.9 Å². The fourth-order valence-electron chi connectivity index (χ4n) is 2.08. The predicted molar refractivity (Wildman–Crippen MR) is 83.7 cm³/mol. The first-order valence-corrected chi connectivity index (χ1v) is 7.66. The number of nitrogens with one attached hydrogen (secondary N) is 1. The van der Waals surface area contributed by atoms with Gasteiger partial charge in [-0.25, -0.2) is 8.78 Å². The lowest BCUT2D eigenvalue weighted by Gasteiger charge is -2.19. The summed E-state index contributed by atoms with van der Waals surface area (Å²) < 4.78 is 29.3. The molecule has 1 unspecified atom stereocenters. The maximum atomic E-state index is 13.8. The number of benzene rings is 2. The number of halogens is 4. The first-order chi connectivity index (χ1) is 9.52. The molecule has 0 saturated carbocycles. The molecule has 0 aromatic heterocycles. The Bertz CT molecular complexity index is 597. The quantitative estimate of drug-likeness (QED) is 0.756. The lowest BCUT2D eigenvalue weighted by molar-refractivity contribution is 0.514. The molecule has 5 heteroatoms. The predicted octanol–water partition coefficient (Wildman–Crippen LogP) is 4.99. The van der Waals surface area contributed by atoms with Crippen LogP contribution in [0.15, 0.2) is 45.3 Å². The first kappa shape index (κ1) is 15.6. The van der Waals surface area contributed by atoms with Crippen LogP contribution in [0.5, 0.6) is 0 Å². The number of likely N-dealkylation sites (N-methyl/N-ethyl adjacent to an activating group) is 1. The Hall–Kier alpha value is -0.780. The fraction of sp³-hybridized carbons (Fsp3) is 0.200. The van der Waals surface area contributed by atoms with Crippen molar-refractivity contribution in [2.45, 2.75) is 12.5 Å². The van der Waals surface area contributed by atoms with Crippen LogP contribution in [-0.4, -0.2) is 7.05 Å². The highest BCUT2D eigenvalue weighted by atomic mass is 79.9. The van der Waals surface area contributed by atoms with Crippen molar-refractivity contribution in [3.8, 4) is 0 Å². The van der Waals surface area contributed by atoms with Gasteiger partial charge in [-0.2, -0.15) is 0 Å². The van der Waals surface area contributed by atoms with Gasteiger partial charge in [-0.15, -0.1) is 0 Å². The largest absolute Gasteiger partial charge is 0.313 e. The van der Waals surface area contributed by atoms with E-state index in [0.29, 0.717) is 0 Å². The van der Waals surface area contributed by atoms with Gasteiger partial charge in [0.25, 0.3) is 0 Å². The van der Waals surface area contributed by atoms with Crippen molar-refractivity contribution in [1.29, 1.82) is 0 Å². The van der Waals surface area contributed by atoms with E-state index in [9.17, 15) is 8.78 Å². The Labute approximate surface area is 133 Å². The molecular weight excluding hydrogens is 392 g/mol. The monoisotopic (exact) mass is 403 g/mol. The summed E-state index contributed by atoms with van der Waals surface area (Å²) >= 11 is 6.89. The molecule has 2 aromatic rings. The second-order valence-electron chi connectivity index (χ2n) is 4.41. The van der Waals surface area contributed by atoms with E-state index in [1.165, 1.54) is 18.2 Å². The Morgan fingerprint density at radius 1 is 1.10 bits per heavy atom. The first-order valence-electron chi connectivity index (χ1n) is 6.08. The molecule has 1 N–H and O–H groups in total. The third-order valence-electron chi connectivity index (χ3n) is 3.15. The molecule has 2 aromatic carbocycles. The molecule has 106 valence electrons. The highest BCUT2D eigenvalue weighted by Gasteiger charge is 2.18. The topological polar surface area (TPSA) is 12.0 Å². The molecule has 0 fully saturated rings. The highest BCUT2D eigenvalue weighted by molar-refractivity contribution is 9.11. The average Bonchev–Trinajstić information content (AvgIpc) is 2.42. The van der Waals surface area contributed by atoms with Crippen molar-refractivity contribution in [1.82, 2.24) is 5.32 Å². The summed E-state index contributed by atoms with van der Waals surface area (Å²) in [5.41, 5.74) is 1.04. The van der Waals surface area contributed by atoms with Gasteiger partial charge < -0.3 is 5.32 Å². The van der Waals surface area contributed by atoms with Crippen LogP contribution in [0.4, 0.5) is 8.78 Å². The van der Waals surface area contributed by atoms with E-state index in [2.05, 4.69) is 37.2 Å². The Kier molecular flexibility index (Phi) is 5.29. The number of rotatable bonds is 4. The Morgan fingerprint density at radius 2 is 1.75 bits per heavy atom. The summed E-state index contributed by atoms with van der Waals surface area (Å²) in [5.74, 6) is -1.03. The summed E-state index contributed by atoms with van der Waals surface area (Å²) in [7, 11) is 1.77. The van der Waals surface area contributed by atoms with Gasteiger partial charge in [0, 0.05) is 20.6 Å². The number of hydrogen-bond acceptors (Lipinski definition) is 1. The minimum atomic E-state index is -0.517. The zero-order chi connectivity index (χ0) is 14.7. The van der Waals surface area contributed by atoms with Crippen LogP contribution in [0.25, 0.3) is 0 Å².